The highest BCUT2D eigenvalue weighted by molar-refractivity contribution is 9.08. The second kappa shape index (κ2) is 9.97. The van der Waals surface area contributed by atoms with Gasteiger partial charge in [-0.05, 0) is 43.2 Å². The summed E-state index contributed by atoms with van der Waals surface area (Å²) < 4.78 is 16.2. The number of carboxylic acids is 1. The van der Waals surface area contributed by atoms with Crippen molar-refractivity contribution in [3.05, 3.63) is 58.7 Å². The first-order valence-electron chi connectivity index (χ1n) is 8.47. The fourth-order valence-electron chi connectivity index (χ4n) is 2.42. The Hall–Kier alpha value is -2.54. The average molecular weight is 437 g/mol. The van der Waals surface area contributed by atoms with Crippen LogP contribution in [0.4, 0.5) is 0 Å². The summed E-state index contributed by atoms with van der Waals surface area (Å²) >= 11 is 3.36. The number of rotatable bonds is 9. The van der Waals surface area contributed by atoms with Crippen molar-refractivity contribution in [2.45, 2.75) is 25.8 Å². The van der Waals surface area contributed by atoms with E-state index in [9.17, 15) is 14.7 Å². The molecule has 0 unspecified atom stereocenters. The minimum atomic E-state index is -1.06. The Morgan fingerprint density at radius 1 is 1.00 bits per heavy atom. The molecule has 0 aromatic heterocycles. The summed E-state index contributed by atoms with van der Waals surface area (Å²) in [5.74, 6) is -0.650. The van der Waals surface area contributed by atoms with Gasteiger partial charge in [-0.25, -0.2) is 9.59 Å². The Balaban J connectivity index is 2.22. The van der Waals surface area contributed by atoms with Crippen LogP contribution in [0.2, 0.25) is 0 Å². The standard InChI is InChI=1S/C20H21BrO6/c1-3-25-16-8-15(19(22)23)9-17(10-16)27-12-13-5-6-14(11-21)18(7-13)20(24)26-4-2/h5-10H,3-4,11-12H2,1-2H3,(H,22,23). The van der Waals surface area contributed by atoms with Gasteiger partial charge in [-0.3, -0.25) is 0 Å². The van der Waals surface area contributed by atoms with Crippen LogP contribution in [-0.4, -0.2) is 30.3 Å². The SMILES string of the molecule is CCOC(=O)c1cc(COc2cc(OCC)cc(C(=O)O)c2)ccc1CBr. The van der Waals surface area contributed by atoms with Gasteiger partial charge in [0.1, 0.15) is 18.1 Å². The lowest BCUT2D eigenvalue weighted by Gasteiger charge is -2.12. The number of halogens is 1. The van der Waals surface area contributed by atoms with E-state index < -0.39 is 5.97 Å². The summed E-state index contributed by atoms with van der Waals surface area (Å²) in [6.07, 6.45) is 0. The number of aromatic carboxylic acids is 1. The van der Waals surface area contributed by atoms with E-state index in [0.717, 1.165) is 11.1 Å². The number of carbonyl (C=O) groups is 2. The van der Waals surface area contributed by atoms with Crippen molar-refractivity contribution in [3.63, 3.8) is 0 Å². The zero-order valence-corrected chi connectivity index (χ0v) is 16.7. The lowest BCUT2D eigenvalue weighted by Crippen LogP contribution is -2.09. The molecule has 7 heteroatoms. The third-order valence-corrected chi connectivity index (χ3v) is 4.26. The van der Waals surface area contributed by atoms with Crippen LogP contribution in [0, 0.1) is 0 Å². The molecule has 0 saturated carbocycles. The van der Waals surface area contributed by atoms with E-state index in [1.807, 2.05) is 19.1 Å². The zero-order valence-electron chi connectivity index (χ0n) is 15.2. The number of ether oxygens (including phenoxy) is 3. The van der Waals surface area contributed by atoms with Crippen molar-refractivity contribution >= 4 is 27.9 Å². The van der Waals surface area contributed by atoms with Crippen molar-refractivity contribution in [3.8, 4) is 11.5 Å². The predicted octanol–water partition coefficient (Wildman–Crippen LogP) is 4.43. The maximum Gasteiger partial charge on any atom is 0.338 e. The third kappa shape index (κ3) is 5.72. The first-order chi connectivity index (χ1) is 13.0. The van der Waals surface area contributed by atoms with Gasteiger partial charge in [0.15, 0.2) is 0 Å². The van der Waals surface area contributed by atoms with Crippen LogP contribution in [0.5, 0.6) is 11.5 Å². The second-order valence-electron chi connectivity index (χ2n) is 5.57. The molecule has 2 aromatic rings. The molecule has 27 heavy (non-hydrogen) atoms. The van der Waals surface area contributed by atoms with Gasteiger partial charge in [0.25, 0.3) is 0 Å². The maximum absolute atomic E-state index is 12.1. The number of hydrogen-bond acceptors (Lipinski definition) is 5. The van der Waals surface area contributed by atoms with E-state index in [1.54, 1.807) is 19.1 Å². The van der Waals surface area contributed by atoms with Gasteiger partial charge in [-0.1, -0.05) is 28.1 Å². The average Bonchev–Trinajstić information content (AvgIpc) is 2.66. The normalized spacial score (nSPS) is 10.3. The number of esters is 1. The fraction of sp³-hybridized carbons (Fsp3) is 0.300. The van der Waals surface area contributed by atoms with E-state index in [4.69, 9.17) is 14.2 Å². The van der Waals surface area contributed by atoms with Crippen LogP contribution in [0.15, 0.2) is 36.4 Å². The van der Waals surface area contributed by atoms with Gasteiger partial charge < -0.3 is 19.3 Å². The van der Waals surface area contributed by atoms with Gasteiger partial charge in [-0.15, -0.1) is 0 Å². The Bertz CT molecular complexity index is 818. The molecule has 0 radical (unpaired) electrons. The van der Waals surface area contributed by atoms with Crippen LogP contribution in [0.3, 0.4) is 0 Å². The van der Waals surface area contributed by atoms with Crippen molar-refractivity contribution in [1.29, 1.82) is 0 Å². The molecular formula is C20H21BrO6. The first kappa shape index (κ1) is 20.8. The Kier molecular flexibility index (Phi) is 7.67. The maximum atomic E-state index is 12.1. The van der Waals surface area contributed by atoms with Gasteiger partial charge in [0.2, 0.25) is 0 Å². The molecule has 0 aliphatic rings. The van der Waals surface area contributed by atoms with E-state index in [2.05, 4.69) is 15.9 Å². The highest BCUT2D eigenvalue weighted by Crippen LogP contribution is 2.25. The van der Waals surface area contributed by atoms with Gasteiger partial charge in [-0.2, -0.15) is 0 Å². The molecule has 0 bridgehead atoms. The van der Waals surface area contributed by atoms with Gasteiger partial charge >= 0.3 is 11.9 Å². The smallest absolute Gasteiger partial charge is 0.338 e. The lowest BCUT2D eigenvalue weighted by atomic mass is 10.1. The van der Waals surface area contributed by atoms with Crippen molar-refractivity contribution in [2.75, 3.05) is 13.2 Å². The summed E-state index contributed by atoms with van der Waals surface area (Å²) in [6, 6.07) is 9.92. The third-order valence-electron chi connectivity index (χ3n) is 3.66. The second-order valence-corrected chi connectivity index (χ2v) is 6.13. The number of benzene rings is 2. The number of carbonyl (C=O) groups excluding carboxylic acids is 1. The topological polar surface area (TPSA) is 82.1 Å². The Morgan fingerprint density at radius 2 is 1.70 bits per heavy atom. The minimum Gasteiger partial charge on any atom is -0.494 e. The molecule has 0 saturated heterocycles. The van der Waals surface area contributed by atoms with Gasteiger partial charge in [0.05, 0.1) is 24.3 Å². The van der Waals surface area contributed by atoms with Crippen molar-refractivity contribution < 1.29 is 28.9 Å². The van der Waals surface area contributed by atoms with Crippen LogP contribution >= 0.6 is 15.9 Å². The summed E-state index contributed by atoms with van der Waals surface area (Å²) in [6.45, 7) is 4.45. The number of alkyl halides is 1. The predicted molar refractivity (Wildman–Crippen MR) is 104 cm³/mol. The molecule has 0 amide bonds. The van der Waals surface area contributed by atoms with Crippen LogP contribution in [0.1, 0.15) is 45.7 Å². The fourth-order valence-corrected chi connectivity index (χ4v) is 2.91. The molecule has 0 spiro atoms. The van der Waals surface area contributed by atoms with E-state index in [-0.39, 0.29) is 18.1 Å². The van der Waals surface area contributed by atoms with E-state index in [0.29, 0.717) is 35.6 Å². The van der Waals surface area contributed by atoms with E-state index >= 15 is 0 Å². The molecule has 0 fully saturated rings. The largest absolute Gasteiger partial charge is 0.494 e. The molecular weight excluding hydrogens is 416 g/mol. The first-order valence-corrected chi connectivity index (χ1v) is 9.59. The lowest BCUT2D eigenvalue weighted by molar-refractivity contribution is 0.0524. The molecule has 0 atom stereocenters. The van der Waals surface area contributed by atoms with E-state index in [1.165, 1.54) is 12.1 Å². The number of carboxylic acid groups (broad SMARTS) is 1. The minimum absolute atomic E-state index is 0.0813. The summed E-state index contributed by atoms with van der Waals surface area (Å²) in [4.78, 5) is 23.4. The highest BCUT2D eigenvalue weighted by atomic mass is 79.9. The summed E-state index contributed by atoms with van der Waals surface area (Å²) in [5, 5.41) is 9.75. The molecule has 0 heterocycles. The van der Waals surface area contributed by atoms with Crippen molar-refractivity contribution in [2.24, 2.45) is 0 Å². The van der Waals surface area contributed by atoms with Crippen LogP contribution in [-0.2, 0) is 16.7 Å². The van der Waals surface area contributed by atoms with Crippen molar-refractivity contribution in [1.82, 2.24) is 0 Å². The molecule has 2 aromatic carbocycles. The molecule has 144 valence electrons. The summed E-state index contributed by atoms with van der Waals surface area (Å²) in [7, 11) is 0. The van der Waals surface area contributed by atoms with Crippen LogP contribution < -0.4 is 9.47 Å². The monoisotopic (exact) mass is 436 g/mol. The molecule has 0 aliphatic carbocycles. The zero-order chi connectivity index (χ0) is 19.8. The molecule has 0 aliphatic heterocycles. The molecule has 2 rings (SSSR count). The van der Waals surface area contributed by atoms with Gasteiger partial charge in [0, 0.05) is 11.4 Å². The highest BCUT2D eigenvalue weighted by Gasteiger charge is 2.14. The molecule has 1 N–H and O–H groups in total. The Labute approximate surface area is 166 Å². The van der Waals surface area contributed by atoms with Crippen LogP contribution in [0.25, 0.3) is 0 Å². The molecule has 6 nitrogen and oxygen atoms in total. The number of hydrogen-bond donors (Lipinski definition) is 1. The Morgan fingerprint density at radius 3 is 2.30 bits per heavy atom. The summed E-state index contributed by atoms with van der Waals surface area (Å²) in [5.41, 5.74) is 2.15. The quantitative estimate of drug-likeness (QED) is 0.462.